The van der Waals surface area contributed by atoms with Crippen molar-refractivity contribution in [1.29, 1.82) is 0 Å². The van der Waals surface area contributed by atoms with E-state index in [2.05, 4.69) is 11.8 Å². The predicted molar refractivity (Wildman–Crippen MR) is 35.3 cm³/mol. The molecule has 0 amide bonds. The Kier molecular flexibility index (Phi) is 2.71. The van der Waals surface area contributed by atoms with Crippen LogP contribution in [0.2, 0.25) is 0 Å². The average Bonchev–Trinajstić information content (AvgIpc) is 0.722. The van der Waals surface area contributed by atoms with Crippen LogP contribution in [0.3, 0.4) is 0 Å². The summed E-state index contributed by atoms with van der Waals surface area (Å²) < 4.78 is 8.50. The van der Waals surface area contributed by atoms with E-state index in [0.717, 1.165) is 0 Å². The van der Waals surface area contributed by atoms with Gasteiger partial charge in [-0.2, -0.15) is 4.20 Å². The van der Waals surface area contributed by atoms with Gasteiger partial charge in [0.15, 0.2) is 0 Å². The molecule has 0 aromatic rings. The first-order valence-electron chi connectivity index (χ1n) is 0.690. The van der Waals surface area contributed by atoms with Crippen LogP contribution in [0.15, 0.2) is 0 Å². The Morgan fingerprint density at radius 3 is 2.00 bits per heavy atom. The van der Waals surface area contributed by atoms with Crippen molar-refractivity contribution in [1.82, 2.24) is 0 Å². The first kappa shape index (κ1) is 6.60. The van der Waals surface area contributed by atoms with Crippen molar-refractivity contribution >= 4 is 48.4 Å². The molecule has 0 aliphatic heterocycles. The van der Waals surface area contributed by atoms with E-state index in [0.29, 0.717) is 0 Å². The lowest BCUT2D eigenvalue weighted by Crippen LogP contribution is -1.19. The smallest absolute Gasteiger partial charge is 0.189 e. The molecule has 0 saturated carbocycles. The van der Waals surface area contributed by atoms with Crippen molar-refractivity contribution < 1.29 is 4.20 Å². The zero-order valence-corrected chi connectivity index (χ0v) is 6.61. The molecular formula is ClFIPS. The van der Waals surface area contributed by atoms with Crippen LogP contribution in [0.4, 0.5) is 4.20 Å². The average molecular weight is 244 g/mol. The molecule has 0 aliphatic carbocycles. The van der Waals surface area contributed by atoms with E-state index in [9.17, 15) is 4.20 Å². The maximum atomic E-state index is 11.4. The molecule has 0 rings (SSSR count). The van der Waals surface area contributed by atoms with E-state index in [1.165, 1.54) is 22.0 Å². The Balaban J connectivity index is 3.47. The zero-order chi connectivity index (χ0) is 4.50. The van der Waals surface area contributed by atoms with Crippen molar-refractivity contribution in [3.63, 3.8) is 0 Å². The van der Waals surface area contributed by atoms with Crippen LogP contribution in [0.25, 0.3) is 0 Å². The molecule has 1 unspecified atom stereocenters. The zero-order valence-electron chi connectivity index (χ0n) is 1.99. The van der Waals surface area contributed by atoms with Gasteiger partial charge in [-0.1, -0.05) is 0 Å². The van der Waals surface area contributed by atoms with Gasteiger partial charge in [-0.25, -0.2) is 0 Å². The molecule has 0 fully saturated rings. The van der Waals surface area contributed by atoms with E-state index < -0.39 is 3.34 Å². The molecule has 0 spiro atoms. The van der Waals surface area contributed by atoms with E-state index in [4.69, 9.17) is 11.2 Å². The van der Waals surface area contributed by atoms with Crippen LogP contribution in [0.1, 0.15) is 0 Å². The third-order valence-corrected chi connectivity index (χ3v) is 0. The molecule has 0 N–H and O–H groups in total. The topological polar surface area (TPSA) is 0 Å². The van der Waals surface area contributed by atoms with Crippen molar-refractivity contribution in [2.24, 2.45) is 0 Å². The number of hydrogen-bond donors (Lipinski definition) is 0. The van der Waals surface area contributed by atoms with Gasteiger partial charge in [0.1, 0.15) is 0 Å². The van der Waals surface area contributed by atoms with Gasteiger partial charge in [-0.3, -0.25) is 0 Å². The SMILES string of the molecule is FP(=S)(Cl)I. The fourth-order valence-electron chi connectivity index (χ4n) is 0. The molecule has 0 saturated heterocycles. The first-order valence-corrected chi connectivity index (χ1v) is 7.07. The van der Waals surface area contributed by atoms with Crippen LogP contribution < -0.4 is 0 Å². The predicted octanol–water partition coefficient (Wildman–Crippen LogP) is 2.85. The van der Waals surface area contributed by atoms with Crippen molar-refractivity contribution in [3.8, 4) is 0 Å². The third-order valence-electron chi connectivity index (χ3n) is 0. The van der Waals surface area contributed by atoms with E-state index in [-0.39, 0.29) is 0 Å². The second kappa shape index (κ2) is 2.05. The summed E-state index contributed by atoms with van der Waals surface area (Å²) in [5.41, 5.74) is 0. The molecule has 0 nitrogen and oxygen atoms in total. The summed E-state index contributed by atoms with van der Waals surface area (Å²) in [7, 11) is 0. The van der Waals surface area contributed by atoms with Crippen molar-refractivity contribution in [2.75, 3.05) is 0 Å². The summed E-state index contributed by atoms with van der Waals surface area (Å²) in [6, 6.07) is 0. The molecule has 5 heteroatoms. The van der Waals surface area contributed by atoms with Gasteiger partial charge in [0.05, 0.1) is 0 Å². The summed E-state index contributed by atoms with van der Waals surface area (Å²) in [4.78, 5) is 0. The Hall–Kier alpha value is 1.60. The lowest BCUT2D eigenvalue weighted by atomic mass is 18.9. The summed E-state index contributed by atoms with van der Waals surface area (Å²) in [6.45, 7) is 0. The van der Waals surface area contributed by atoms with Crippen molar-refractivity contribution in [2.45, 2.75) is 0 Å². The minimum atomic E-state index is -2.86. The summed E-state index contributed by atoms with van der Waals surface area (Å²) >= 11 is 10.2. The Labute approximate surface area is 52.5 Å². The van der Waals surface area contributed by atoms with E-state index in [1.54, 1.807) is 0 Å². The van der Waals surface area contributed by atoms with Crippen LogP contribution in [0.5, 0.6) is 0 Å². The monoisotopic (exact) mass is 244 g/mol. The van der Waals surface area contributed by atoms with Gasteiger partial charge in [0, 0.05) is 22.0 Å². The molecule has 5 heavy (non-hydrogen) atoms. The largest absolute Gasteiger partial charge is 0.253 e. The molecule has 0 bridgehead atoms. The van der Waals surface area contributed by atoms with Crippen LogP contribution >= 0.6 is 36.6 Å². The second-order valence-corrected chi connectivity index (χ2v) is 12.4. The lowest BCUT2D eigenvalue weighted by molar-refractivity contribution is 0.931. The molecular weight excluding hydrogens is 244 g/mol. The van der Waals surface area contributed by atoms with E-state index >= 15 is 0 Å². The van der Waals surface area contributed by atoms with Gasteiger partial charge in [-0.05, 0) is 23.0 Å². The van der Waals surface area contributed by atoms with Gasteiger partial charge >= 0.3 is 0 Å². The van der Waals surface area contributed by atoms with E-state index in [1.807, 2.05) is 0 Å². The van der Waals surface area contributed by atoms with Gasteiger partial charge < -0.3 is 0 Å². The molecule has 0 aliphatic rings. The molecule has 0 radical (unpaired) electrons. The summed E-state index contributed by atoms with van der Waals surface area (Å²) in [6.07, 6.45) is 0. The van der Waals surface area contributed by atoms with Crippen LogP contribution in [0, 0.1) is 0 Å². The maximum Gasteiger partial charge on any atom is 0.253 e. The molecule has 0 aromatic carbocycles. The Morgan fingerprint density at radius 2 is 2.00 bits per heavy atom. The second-order valence-electron chi connectivity index (χ2n) is 0.399. The molecule has 0 heterocycles. The third kappa shape index (κ3) is 28.3. The standard InChI is InChI=1S/ClFIPS/c1-4(2,3)5. The number of rotatable bonds is 0. The number of halogens is 3. The normalized spacial score (nSPS) is 21.4. The molecule has 32 valence electrons. The fourth-order valence-corrected chi connectivity index (χ4v) is 0. The minimum Gasteiger partial charge on any atom is -0.189 e. The van der Waals surface area contributed by atoms with Crippen LogP contribution in [-0.2, 0) is 11.8 Å². The first-order chi connectivity index (χ1) is 2.00. The van der Waals surface area contributed by atoms with Crippen molar-refractivity contribution in [3.05, 3.63) is 0 Å². The van der Waals surface area contributed by atoms with Crippen LogP contribution in [-0.4, -0.2) is 0 Å². The Morgan fingerprint density at radius 1 is 2.00 bits per heavy atom. The maximum absolute atomic E-state index is 11.4. The highest BCUT2D eigenvalue weighted by Gasteiger charge is 1.97. The highest BCUT2D eigenvalue weighted by molar-refractivity contribution is 14.2. The minimum absolute atomic E-state index is 1.40. The Bertz CT molecular complexity index is 57.8. The van der Waals surface area contributed by atoms with Gasteiger partial charge in [0.25, 0.3) is 3.34 Å². The summed E-state index contributed by atoms with van der Waals surface area (Å²) in [5, 5.41) is 0. The molecule has 0 aromatic heterocycles. The highest BCUT2D eigenvalue weighted by atomic mass is 127. The highest BCUT2D eigenvalue weighted by Crippen LogP contribution is 2.61. The lowest BCUT2D eigenvalue weighted by Gasteiger charge is -1.79. The molecule has 1 atom stereocenters. The fraction of sp³-hybridized carbons (Fsp3) is 0. The quantitative estimate of drug-likeness (QED) is 0.466. The summed E-state index contributed by atoms with van der Waals surface area (Å²) in [5.74, 6) is 0. The van der Waals surface area contributed by atoms with Gasteiger partial charge in [-0.15, -0.1) is 0 Å². The number of hydrogen-bond acceptors (Lipinski definition) is 1. The van der Waals surface area contributed by atoms with Gasteiger partial charge in [0.2, 0.25) is 0 Å².